The number of sulfonamides is 1. The molecule has 2 rings (SSSR count). The van der Waals surface area contributed by atoms with Crippen LogP contribution >= 0.6 is 0 Å². The fourth-order valence-corrected chi connectivity index (χ4v) is 3.54. The quantitative estimate of drug-likeness (QED) is 0.775. The molecule has 1 aromatic heterocycles. The molecule has 130 valence electrons. The molecule has 1 aromatic carbocycles. The molecule has 0 fully saturated rings. The van der Waals surface area contributed by atoms with Crippen molar-refractivity contribution in [3.8, 4) is 5.75 Å². The van der Waals surface area contributed by atoms with Crippen molar-refractivity contribution < 1.29 is 23.1 Å². The predicted octanol–water partition coefficient (Wildman–Crippen LogP) is 1.23. The van der Waals surface area contributed by atoms with Gasteiger partial charge in [-0.1, -0.05) is 12.1 Å². The van der Waals surface area contributed by atoms with Crippen molar-refractivity contribution in [1.82, 2.24) is 14.5 Å². The number of aryl methyl sites for hydroxylation is 1. The number of benzene rings is 1. The molecule has 0 aliphatic heterocycles. The first-order valence-electron chi connectivity index (χ1n) is 7.16. The minimum absolute atomic E-state index is 0.137. The molecule has 0 radical (unpaired) electrons. The third-order valence-electron chi connectivity index (χ3n) is 3.55. The van der Waals surface area contributed by atoms with Gasteiger partial charge >= 0.3 is 5.97 Å². The monoisotopic (exact) mass is 353 g/mol. The number of aliphatic carboxylic acids is 1. The standard InChI is InChI=1S/C15H19N3O5S/c1-10(12-4-6-13(7-5-12)23-9-15(19)20)17-24(21,22)14-8-16-18(3)11(14)2/h4-8,10,17H,9H2,1-3H3,(H,19,20). The maximum atomic E-state index is 12.4. The second kappa shape index (κ2) is 7.02. The molecule has 0 saturated heterocycles. The van der Waals surface area contributed by atoms with Gasteiger partial charge < -0.3 is 9.84 Å². The summed E-state index contributed by atoms with van der Waals surface area (Å²) in [6.45, 7) is 2.97. The molecule has 0 spiro atoms. The SMILES string of the molecule is Cc1c(S(=O)(=O)NC(C)c2ccc(OCC(=O)O)cc2)cnn1C. The van der Waals surface area contributed by atoms with Gasteiger partial charge in [-0.05, 0) is 31.5 Å². The lowest BCUT2D eigenvalue weighted by Gasteiger charge is -2.15. The molecule has 1 atom stereocenters. The molecule has 1 unspecified atom stereocenters. The summed E-state index contributed by atoms with van der Waals surface area (Å²) in [7, 11) is -2.02. The summed E-state index contributed by atoms with van der Waals surface area (Å²) < 4.78 is 34.0. The Morgan fingerprint density at radius 1 is 1.38 bits per heavy atom. The van der Waals surface area contributed by atoms with Crippen LogP contribution in [-0.4, -0.2) is 35.9 Å². The van der Waals surface area contributed by atoms with Crippen LogP contribution in [0.4, 0.5) is 0 Å². The first-order chi connectivity index (χ1) is 11.2. The number of hydrogen-bond acceptors (Lipinski definition) is 5. The summed E-state index contributed by atoms with van der Waals surface area (Å²) in [5.74, 6) is -0.661. The Labute approximate surface area is 140 Å². The number of carbonyl (C=O) groups is 1. The average Bonchev–Trinajstić information content (AvgIpc) is 2.85. The van der Waals surface area contributed by atoms with E-state index in [1.54, 1.807) is 45.2 Å². The van der Waals surface area contributed by atoms with Gasteiger partial charge in [0.1, 0.15) is 10.6 Å². The number of aromatic nitrogens is 2. The molecule has 9 heteroatoms. The van der Waals surface area contributed by atoms with Gasteiger partial charge in [-0.25, -0.2) is 17.9 Å². The Hall–Kier alpha value is -2.39. The Kier molecular flexibility index (Phi) is 5.25. The largest absolute Gasteiger partial charge is 0.482 e. The summed E-state index contributed by atoms with van der Waals surface area (Å²) in [5, 5.41) is 12.5. The molecule has 24 heavy (non-hydrogen) atoms. The normalized spacial score (nSPS) is 12.8. The third-order valence-corrected chi connectivity index (χ3v) is 5.20. The number of nitrogens with zero attached hydrogens (tertiary/aromatic N) is 2. The van der Waals surface area contributed by atoms with E-state index >= 15 is 0 Å². The lowest BCUT2D eigenvalue weighted by Crippen LogP contribution is -2.27. The molecule has 0 amide bonds. The van der Waals surface area contributed by atoms with E-state index in [4.69, 9.17) is 9.84 Å². The highest BCUT2D eigenvalue weighted by Gasteiger charge is 2.22. The number of carboxylic acids is 1. The highest BCUT2D eigenvalue weighted by molar-refractivity contribution is 7.89. The summed E-state index contributed by atoms with van der Waals surface area (Å²) in [6, 6.07) is 6.08. The van der Waals surface area contributed by atoms with E-state index in [0.29, 0.717) is 11.4 Å². The lowest BCUT2D eigenvalue weighted by atomic mass is 10.1. The molecular formula is C15H19N3O5S. The van der Waals surface area contributed by atoms with Gasteiger partial charge in [0, 0.05) is 13.1 Å². The molecule has 0 bridgehead atoms. The van der Waals surface area contributed by atoms with Gasteiger partial charge in [-0.2, -0.15) is 5.10 Å². The maximum absolute atomic E-state index is 12.4. The first-order valence-corrected chi connectivity index (χ1v) is 8.64. The van der Waals surface area contributed by atoms with E-state index in [1.807, 2.05) is 0 Å². The summed E-state index contributed by atoms with van der Waals surface area (Å²) >= 11 is 0. The second-order valence-electron chi connectivity index (χ2n) is 5.31. The van der Waals surface area contributed by atoms with E-state index in [1.165, 1.54) is 10.9 Å². The molecule has 2 N–H and O–H groups in total. The van der Waals surface area contributed by atoms with Crippen LogP contribution in [0.3, 0.4) is 0 Å². The number of hydrogen-bond donors (Lipinski definition) is 2. The average molecular weight is 353 g/mol. The van der Waals surface area contributed by atoms with Gasteiger partial charge in [0.2, 0.25) is 10.0 Å². The van der Waals surface area contributed by atoms with Gasteiger partial charge in [0.25, 0.3) is 0 Å². The number of carboxylic acid groups (broad SMARTS) is 1. The van der Waals surface area contributed by atoms with Crippen LogP contribution in [0.25, 0.3) is 0 Å². The van der Waals surface area contributed by atoms with Crippen LogP contribution in [0.15, 0.2) is 35.4 Å². The van der Waals surface area contributed by atoms with Crippen LogP contribution in [0.5, 0.6) is 5.75 Å². The summed E-state index contributed by atoms with van der Waals surface area (Å²) in [4.78, 5) is 10.6. The molecule has 0 saturated carbocycles. The first kappa shape index (κ1) is 18.0. The smallest absolute Gasteiger partial charge is 0.341 e. The molecule has 1 heterocycles. The van der Waals surface area contributed by atoms with Crippen molar-refractivity contribution in [2.45, 2.75) is 24.8 Å². The summed E-state index contributed by atoms with van der Waals surface area (Å²) in [6.07, 6.45) is 1.31. The molecule has 0 aliphatic rings. The minimum atomic E-state index is -3.69. The van der Waals surface area contributed by atoms with Crippen LogP contribution in [0, 0.1) is 6.92 Å². The predicted molar refractivity (Wildman–Crippen MR) is 86.3 cm³/mol. The van der Waals surface area contributed by atoms with Crippen LogP contribution in [0.1, 0.15) is 24.2 Å². The molecular weight excluding hydrogens is 334 g/mol. The van der Waals surface area contributed by atoms with Crippen LogP contribution < -0.4 is 9.46 Å². The van der Waals surface area contributed by atoms with Gasteiger partial charge in [-0.15, -0.1) is 0 Å². The molecule has 8 nitrogen and oxygen atoms in total. The van der Waals surface area contributed by atoms with Crippen molar-refractivity contribution in [2.75, 3.05) is 6.61 Å². The van der Waals surface area contributed by atoms with E-state index in [2.05, 4.69) is 9.82 Å². The van der Waals surface area contributed by atoms with Crippen molar-refractivity contribution in [3.63, 3.8) is 0 Å². The zero-order valence-electron chi connectivity index (χ0n) is 13.6. The van der Waals surface area contributed by atoms with E-state index in [0.717, 1.165) is 5.56 Å². The van der Waals surface area contributed by atoms with E-state index in [-0.39, 0.29) is 4.90 Å². The Balaban J connectivity index is 2.10. The molecule has 0 aliphatic carbocycles. The number of rotatable bonds is 7. The number of nitrogens with one attached hydrogen (secondary N) is 1. The van der Waals surface area contributed by atoms with Crippen LogP contribution in [0.2, 0.25) is 0 Å². The lowest BCUT2D eigenvalue weighted by molar-refractivity contribution is -0.139. The van der Waals surface area contributed by atoms with Crippen molar-refractivity contribution in [1.29, 1.82) is 0 Å². The Morgan fingerprint density at radius 2 is 2.00 bits per heavy atom. The fourth-order valence-electron chi connectivity index (χ4n) is 2.10. The zero-order chi connectivity index (χ0) is 17.9. The van der Waals surface area contributed by atoms with Gasteiger partial charge in [0.05, 0.1) is 11.9 Å². The highest BCUT2D eigenvalue weighted by Crippen LogP contribution is 2.21. The molecule has 2 aromatic rings. The van der Waals surface area contributed by atoms with Crippen molar-refractivity contribution in [2.24, 2.45) is 7.05 Å². The fraction of sp³-hybridized carbons (Fsp3) is 0.333. The second-order valence-corrected chi connectivity index (χ2v) is 6.99. The van der Waals surface area contributed by atoms with Crippen molar-refractivity contribution in [3.05, 3.63) is 41.7 Å². The third kappa shape index (κ3) is 4.12. The maximum Gasteiger partial charge on any atom is 0.341 e. The summed E-state index contributed by atoms with van der Waals surface area (Å²) in [5.41, 5.74) is 1.27. The Bertz CT molecular complexity index is 827. The zero-order valence-corrected chi connectivity index (χ0v) is 14.4. The van der Waals surface area contributed by atoms with E-state index < -0.39 is 28.6 Å². The van der Waals surface area contributed by atoms with Gasteiger partial charge in [-0.3, -0.25) is 4.68 Å². The highest BCUT2D eigenvalue weighted by atomic mass is 32.2. The Morgan fingerprint density at radius 3 is 2.50 bits per heavy atom. The van der Waals surface area contributed by atoms with Crippen LogP contribution in [-0.2, 0) is 21.9 Å². The van der Waals surface area contributed by atoms with Crippen molar-refractivity contribution >= 4 is 16.0 Å². The van der Waals surface area contributed by atoms with Gasteiger partial charge in [0.15, 0.2) is 6.61 Å². The topological polar surface area (TPSA) is 111 Å². The number of ether oxygens (including phenoxy) is 1. The van der Waals surface area contributed by atoms with E-state index in [9.17, 15) is 13.2 Å². The minimum Gasteiger partial charge on any atom is -0.482 e.